The molecule has 6 N–H and O–H groups in total. The summed E-state index contributed by atoms with van der Waals surface area (Å²) in [7, 11) is -9.03. The summed E-state index contributed by atoms with van der Waals surface area (Å²) in [5.74, 6) is -0.620. The maximum Gasteiger partial charge on any atom is 0.323 e. The molecule has 0 saturated heterocycles. The lowest BCUT2D eigenvalue weighted by Gasteiger charge is -2.08. The Hall–Kier alpha value is -6.27. The topological polar surface area (TPSA) is 240 Å². The van der Waals surface area contributed by atoms with Crippen LogP contribution < -0.4 is 10.6 Å². The zero-order chi connectivity index (χ0) is 35.6. The van der Waals surface area contributed by atoms with Gasteiger partial charge in [-0.1, -0.05) is 0 Å². The molecule has 0 heterocycles. The van der Waals surface area contributed by atoms with Gasteiger partial charge < -0.3 is 20.8 Å². The van der Waals surface area contributed by atoms with Crippen molar-refractivity contribution in [2.45, 2.75) is 9.79 Å². The van der Waals surface area contributed by atoms with Gasteiger partial charge in [0.1, 0.15) is 11.5 Å². The number of fused-ring (bicyclic) bond motifs is 2. The van der Waals surface area contributed by atoms with Gasteiger partial charge in [0.2, 0.25) is 0 Å². The smallest absolute Gasteiger partial charge is 0.323 e. The molecule has 50 heavy (non-hydrogen) atoms. The van der Waals surface area contributed by atoms with E-state index in [1.165, 1.54) is 24.3 Å². The standard InChI is InChI=1S/C33H24N6O9S2/c40-31-17-27(49(43,44)45)15-19-13-25(9-11-29(19)31)38-36-23-5-1-21(2-6-23)34-33(42)35-22-3-7-24(8-4-22)37-39-26-10-12-30-20(14-26)16-28(18-32(30)41)50(46,47)48/h1-18,40-41H,(H2,34,35,42)(H,43,44,45)(H,46,47,48). The molecule has 15 nitrogen and oxygen atoms in total. The van der Waals surface area contributed by atoms with E-state index in [9.17, 15) is 40.9 Å². The van der Waals surface area contributed by atoms with Crippen LogP contribution in [0.2, 0.25) is 0 Å². The fourth-order valence-electron chi connectivity index (χ4n) is 4.79. The molecule has 0 spiro atoms. The molecule has 17 heteroatoms. The van der Waals surface area contributed by atoms with Crippen LogP contribution in [0, 0.1) is 0 Å². The number of phenolic OH excluding ortho intramolecular Hbond substituents is 2. The SMILES string of the molecule is O=C(Nc1ccc(N=Nc2ccc3c(O)cc(S(=O)(=O)O)cc3c2)cc1)Nc1ccc(N=Nc2ccc3c(O)cc(S(=O)(=O)O)cc3c2)cc1. The number of benzene rings is 6. The van der Waals surface area contributed by atoms with Crippen molar-refractivity contribution in [2.24, 2.45) is 20.5 Å². The van der Waals surface area contributed by atoms with E-state index in [1.807, 2.05) is 0 Å². The Bertz CT molecular complexity index is 2400. The van der Waals surface area contributed by atoms with Crippen molar-refractivity contribution in [3.8, 4) is 11.5 Å². The molecule has 252 valence electrons. The van der Waals surface area contributed by atoms with Gasteiger partial charge in [-0.2, -0.15) is 37.3 Å². The van der Waals surface area contributed by atoms with Crippen molar-refractivity contribution in [1.82, 2.24) is 0 Å². The molecule has 0 aromatic heterocycles. The van der Waals surface area contributed by atoms with Crippen LogP contribution >= 0.6 is 0 Å². The number of nitrogens with one attached hydrogen (secondary N) is 2. The molecule has 0 unspecified atom stereocenters. The summed E-state index contributed by atoms with van der Waals surface area (Å²) < 4.78 is 64.6. The highest BCUT2D eigenvalue weighted by Gasteiger charge is 2.15. The monoisotopic (exact) mass is 712 g/mol. The van der Waals surface area contributed by atoms with E-state index in [-0.39, 0.29) is 11.5 Å². The van der Waals surface area contributed by atoms with E-state index in [1.54, 1.807) is 72.8 Å². The molecule has 0 aliphatic carbocycles. The Balaban J connectivity index is 1.05. The third kappa shape index (κ3) is 7.88. The molecule has 6 aromatic carbocycles. The van der Waals surface area contributed by atoms with Gasteiger partial charge in [-0.15, -0.1) is 0 Å². The molecular weight excluding hydrogens is 689 g/mol. The summed E-state index contributed by atoms with van der Waals surface area (Å²) in [6, 6.07) is 26.0. The van der Waals surface area contributed by atoms with E-state index in [4.69, 9.17) is 0 Å². The Labute approximate surface area is 283 Å². The highest BCUT2D eigenvalue weighted by molar-refractivity contribution is 7.86. The number of carbonyl (C=O) groups excluding carboxylic acids is 1. The van der Waals surface area contributed by atoms with Gasteiger partial charge in [0.05, 0.1) is 32.5 Å². The lowest BCUT2D eigenvalue weighted by molar-refractivity contribution is 0.262. The summed E-state index contributed by atoms with van der Waals surface area (Å²) in [5, 5.41) is 43.6. The predicted molar refractivity (Wildman–Crippen MR) is 185 cm³/mol. The van der Waals surface area contributed by atoms with E-state index in [0.29, 0.717) is 55.7 Å². The highest BCUT2D eigenvalue weighted by Crippen LogP contribution is 2.33. The number of anilines is 2. The molecular formula is C33H24N6O9S2. The first-order valence-corrected chi connectivity index (χ1v) is 17.2. The van der Waals surface area contributed by atoms with Gasteiger partial charge in [-0.25, -0.2) is 4.79 Å². The summed E-state index contributed by atoms with van der Waals surface area (Å²) >= 11 is 0. The number of phenols is 2. The van der Waals surface area contributed by atoms with Crippen molar-refractivity contribution in [3.63, 3.8) is 0 Å². The largest absolute Gasteiger partial charge is 0.507 e. The van der Waals surface area contributed by atoms with Crippen molar-refractivity contribution >= 4 is 81.9 Å². The van der Waals surface area contributed by atoms with Crippen LogP contribution in [0.3, 0.4) is 0 Å². The summed E-state index contributed by atoms with van der Waals surface area (Å²) in [4.78, 5) is 11.7. The highest BCUT2D eigenvalue weighted by atomic mass is 32.2. The number of carbonyl (C=O) groups is 1. The zero-order valence-electron chi connectivity index (χ0n) is 25.3. The first-order valence-electron chi connectivity index (χ1n) is 14.3. The van der Waals surface area contributed by atoms with Gasteiger partial charge in [-0.3, -0.25) is 9.11 Å². The van der Waals surface area contributed by atoms with Crippen LogP contribution in [-0.2, 0) is 20.2 Å². The van der Waals surface area contributed by atoms with Crippen LogP contribution in [0.1, 0.15) is 0 Å². The summed E-state index contributed by atoms with van der Waals surface area (Å²) in [5.41, 5.74) is 2.59. The first kappa shape index (κ1) is 33.6. The van der Waals surface area contributed by atoms with Crippen molar-refractivity contribution in [3.05, 3.63) is 109 Å². The fourth-order valence-corrected chi connectivity index (χ4v) is 5.86. The van der Waals surface area contributed by atoms with Crippen LogP contribution in [-0.4, -0.2) is 42.2 Å². The Morgan fingerprint density at radius 1 is 0.480 bits per heavy atom. The normalized spacial score (nSPS) is 12.2. The van der Waals surface area contributed by atoms with Crippen molar-refractivity contribution in [1.29, 1.82) is 0 Å². The van der Waals surface area contributed by atoms with E-state index < -0.39 is 36.1 Å². The molecule has 0 aliphatic rings. The number of amides is 2. The van der Waals surface area contributed by atoms with E-state index in [2.05, 4.69) is 31.1 Å². The number of urea groups is 1. The molecule has 0 saturated carbocycles. The maximum absolute atomic E-state index is 12.6. The maximum atomic E-state index is 12.6. The van der Waals surface area contributed by atoms with Gasteiger partial charge in [0.15, 0.2) is 0 Å². The molecule has 0 bridgehead atoms. The van der Waals surface area contributed by atoms with Crippen LogP contribution in [0.25, 0.3) is 21.5 Å². The second-order valence-electron chi connectivity index (χ2n) is 10.7. The fraction of sp³-hybridized carbons (Fsp3) is 0. The van der Waals surface area contributed by atoms with Gasteiger partial charge >= 0.3 is 6.03 Å². The van der Waals surface area contributed by atoms with Crippen molar-refractivity contribution < 1.29 is 40.9 Å². The van der Waals surface area contributed by atoms with Crippen LogP contribution in [0.4, 0.5) is 38.9 Å². The quantitative estimate of drug-likeness (QED) is 0.0655. The van der Waals surface area contributed by atoms with Gasteiger partial charge in [0.25, 0.3) is 20.2 Å². The number of nitrogens with zero attached hydrogens (tertiary/aromatic N) is 4. The molecule has 2 amide bonds. The molecule has 0 atom stereocenters. The minimum absolute atomic E-state index is 0.310. The molecule has 6 rings (SSSR count). The summed E-state index contributed by atoms with van der Waals surface area (Å²) in [6.45, 7) is 0. The predicted octanol–water partition coefficient (Wildman–Crippen LogP) is 8.37. The third-order valence-electron chi connectivity index (χ3n) is 7.18. The average molecular weight is 713 g/mol. The molecule has 6 aromatic rings. The zero-order valence-corrected chi connectivity index (χ0v) is 27.0. The molecule has 0 radical (unpaired) electrons. The van der Waals surface area contributed by atoms with Gasteiger partial charge in [0, 0.05) is 34.3 Å². The molecule has 0 aliphatic heterocycles. The Morgan fingerprint density at radius 2 is 0.820 bits per heavy atom. The lowest BCUT2D eigenvalue weighted by atomic mass is 10.1. The number of azo groups is 2. The van der Waals surface area contributed by atoms with Gasteiger partial charge in [-0.05, 0) is 108 Å². The Morgan fingerprint density at radius 3 is 1.18 bits per heavy atom. The second-order valence-corrected chi connectivity index (χ2v) is 13.6. The number of aromatic hydroxyl groups is 2. The van der Waals surface area contributed by atoms with Crippen LogP contribution in [0.15, 0.2) is 139 Å². The third-order valence-corrected chi connectivity index (χ3v) is 8.85. The lowest BCUT2D eigenvalue weighted by Crippen LogP contribution is -2.19. The second kappa shape index (κ2) is 13.3. The first-order chi connectivity index (χ1) is 23.7. The average Bonchev–Trinajstić information content (AvgIpc) is 3.06. The Kier molecular flexibility index (Phi) is 8.96. The molecule has 0 fully saturated rings. The number of hydrogen-bond acceptors (Lipinski definition) is 11. The number of hydrogen-bond donors (Lipinski definition) is 6. The minimum atomic E-state index is -4.52. The van der Waals surface area contributed by atoms with Crippen LogP contribution in [0.5, 0.6) is 11.5 Å². The number of rotatable bonds is 8. The van der Waals surface area contributed by atoms with E-state index >= 15 is 0 Å². The summed E-state index contributed by atoms with van der Waals surface area (Å²) in [6.07, 6.45) is 0. The van der Waals surface area contributed by atoms with Crippen molar-refractivity contribution in [2.75, 3.05) is 10.6 Å². The minimum Gasteiger partial charge on any atom is -0.507 e. The van der Waals surface area contributed by atoms with E-state index in [0.717, 1.165) is 12.1 Å².